The van der Waals surface area contributed by atoms with Crippen LogP contribution in [0, 0.1) is 0 Å². The average Bonchev–Trinajstić information content (AvgIpc) is 3.37. The van der Waals surface area contributed by atoms with Crippen LogP contribution in [0.15, 0.2) is 85.1 Å². The highest BCUT2D eigenvalue weighted by atomic mass is 35.5. The first-order valence-corrected chi connectivity index (χ1v) is 11.8. The summed E-state index contributed by atoms with van der Waals surface area (Å²) in [7, 11) is 1.52. The van der Waals surface area contributed by atoms with Crippen LogP contribution in [0.2, 0.25) is 5.02 Å². The Bertz CT molecular complexity index is 1650. The van der Waals surface area contributed by atoms with Crippen molar-refractivity contribution in [2.24, 2.45) is 0 Å². The van der Waals surface area contributed by atoms with Crippen LogP contribution in [-0.4, -0.2) is 33.4 Å². The third kappa shape index (κ3) is 4.83. The van der Waals surface area contributed by atoms with Gasteiger partial charge < -0.3 is 10.1 Å². The van der Waals surface area contributed by atoms with Crippen LogP contribution in [0.25, 0.3) is 16.9 Å². The molecule has 2 heterocycles. The molecule has 5 rings (SSSR count). The van der Waals surface area contributed by atoms with Crippen LogP contribution >= 0.6 is 11.6 Å². The fraction of sp³-hybridized carbons (Fsp3) is 0.0714. The normalized spacial score (nSPS) is 11.1. The Balaban J connectivity index is 1.55. The van der Waals surface area contributed by atoms with Crippen LogP contribution in [0.1, 0.15) is 38.4 Å². The van der Waals surface area contributed by atoms with Crippen LogP contribution in [-0.2, 0) is 0 Å². The molecule has 0 saturated carbocycles. The second-order valence-electron chi connectivity index (χ2n) is 8.23. The molecule has 0 saturated heterocycles. The Hall–Kier alpha value is -4.63. The number of anilines is 1. The number of ketones is 1. The number of carbonyl (C=O) groups is 2. The van der Waals surface area contributed by atoms with E-state index in [1.807, 2.05) is 0 Å². The summed E-state index contributed by atoms with van der Waals surface area (Å²) in [4.78, 5) is 30.9. The number of rotatable bonds is 7. The molecule has 190 valence electrons. The molecule has 1 amide bonds. The molecule has 1 N–H and O–H groups in total. The Labute approximate surface area is 220 Å². The minimum Gasteiger partial charge on any atom is -0.497 e. The van der Waals surface area contributed by atoms with Crippen molar-refractivity contribution in [1.82, 2.24) is 14.6 Å². The number of benzene rings is 3. The van der Waals surface area contributed by atoms with Gasteiger partial charge in [-0.25, -0.2) is 18.3 Å². The van der Waals surface area contributed by atoms with E-state index < -0.39 is 18.0 Å². The number of fused-ring (bicyclic) bond motifs is 1. The van der Waals surface area contributed by atoms with Gasteiger partial charge in [0, 0.05) is 21.7 Å². The number of amides is 1. The number of nitrogens with zero attached hydrogens (tertiary/aromatic N) is 3. The van der Waals surface area contributed by atoms with Crippen molar-refractivity contribution >= 4 is 34.6 Å². The molecule has 10 heteroatoms. The maximum absolute atomic E-state index is 14.0. The standard InChI is InChI=1S/C28H19ClF2N4O3/c1-38-19-10-7-16(8-11-19)23-14-24(26(30)31)35-27(33-23)21(15-32-35)28(37)34-22-12-9-18(29)13-20(22)25(36)17-5-3-2-4-6-17/h2-15,26H,1H3,(H,34,37). The highest BCUT2D eigenvalue weighted by Gasteiger charge is 2.23. The van der Waals surface area contributed by atoms with Crippen molar-refractivity contribution in [3.63, 3.8) is 0 Å². The van der Waals surface area contributed by atoms with Crippen molar-refractivity contribution in [2.75, 3.05) is 12.4 Å². The highest BCUT2D eigenvalue weighted by Crippen LogP contribution is 2.29. The van der Waals surface area contributed by atoms with E-state index in [0.717, 1.165) is 10.7 Å². The summed E-state index contributed by atoms with van der Waals surface area (Å²) in [5.41, 5.74) is 1.04. The van der Waals surface area contributed by atoms with Crippen LogP contribution in [0.3, 0.4) is 0 Å². The van der Waals surface area contributed by atoms with Gasteiger partial charge >= 0.3 is 0 Å². The number of hydrogen-bond donors (Lipinski definition) is 1. The number of ether oxygens (including phenoxy) is 1. The van der Waals surface area contributed by atoms with Crippen molar-refractivity contribution < 1.29 is 23.1 Å². The van der Waals surface area contributed by atoms with E-state index >= 15 is 0 Å². The van der Waals surface area contributed by atoms with Crippen molar-refractivity contribution in [3.05, 3.63) is 112 Å². The fourth-order valence-corrected chi connectivity index (χ4v) is 4.13. The molecule has 0 spiro atoms. The third-order valence-corrected chi connectivity index (χ3v) is 6.10. The molecule has 0 unspecified atom stereocenters. The topological polar surface area (TPSA) is 85.6 Å². The molecule has 5 aromatic rings. The monoisotopic (exact) mass is 532 g/mol. The lowest BCUT2D eigenvalue weighted by molar-refractivity contribution is 0.102. The van der Waals surface area contributed by atoms with Gasteiger partial charge in [0.25, 0.3) is 12.3 Å². The first kappa shape index (κ1) is 25.0. The minimum absolute atomic E-state index is 0.0460. The van der Waals surface area contributed by atoms with E-state index in [0.29, 0.717) is 21.9 Å². The molecule has 3 aromatic carbocycles. The van der Waals surface area contributed by atoms with Crippen LogP contribution in [0.4, 0.5) is 14.5 Å². The number of aromatic nitrogens is 3. The molecule has 0 fully saturated rings. The number of halogens is 3. The van der Waals surface area contributed by atoms with Crippen molar-refractivity contribution in [3.8, 4) is 17.0 Å². The zero-order chi connectivity index (χ0) is 26.8. The van der Waals surface area contributed by atoms with E-state index in [-0.39, 0.29) is 33.9 Å². The summed E-state index contributed by atoms with van der Waals surface area (Å²) in [6, 6.07) is 21.0. The molecule has 0 atom stereocenters. The zero-order valence-electron chi connectivity index (χ0n) is 19.9. The summed E-state index contributed by atoms with van der Waals surface area (Å²) in [5, 5.41) is 6.99. The summed E-state index contributed by atoms with van der Waals surface area (Å²) in [6.07, 6.45) is -1.71. The van der Waals surface area contributed by atoms with Gasteiger partial charge in [-0.05, 0) is 48.5 Å². The quantitative estimate of drug-likeness (QED) is 0.242. The Kier molecular flexibility index (Phi) is 6.85. The summed E-state index contributed by atoms with van der Waals surface area (Å²) >= 11 is 6.14. The fourth-order valence-electron chi connectivity index (χ4n) is 3.96. The van der Waals surface area contributed by atoms with Crippen molar-refractivity contribution in [1.29, 1.82) is 0 Å². The van der Waals surface area contributed by atoms with E-state index in [4.69, 9.17) is 16.3 Å². The van der Waals surface area contributed by atoms with Gasteiger partial charge in [0.05, 0.1) is 24.7 Å². The van der Waals surface area contributed by atoms with E-state index in [2.05, 4.69) is 15.4 Å². The summed E-state index contributed by atoms with van der Waals surface area (Å²) in [5.74, 6) is -0.427. The first-order chi connectivity index (χ1) is 18.4. The maximum Gasteiger partial charge on any atom is 0.280 e. The SMILES string of the molecule is COc1ccc(-c2cc(C(F)F)n3ncc(C(=O)Nc4ccc(Cl)cc4C(=O)c4ccccc4)c3n2)cc1. The predicted molar refractivity (Wildman–Crippen MR) is 139 cm³/mol. The number of carbonyl (C=O) groups excluding carboxylic acids is 2. The van der Waals surface area contributed by atoms with Gasteiger partial charge in [-0.15, -0.1) is 0 Å². The molecule has 0 aliphatic rings. The molecular weight excluding hydrogens is 514 g/mol. The smallest absolute Gasteiger partial charge is 0.280 e. The Morgan fingerprint density at radius 2 is 1.71 bits per heavy atom. The molecule has 0 bridgehead atoms. The second-order valence-corrected chi connectivity index (χ2v) is 8.66. The summed E-state index contributed by atoms with van der Waals surface area (Å²) in [6.45, 7) is 0. The second kappa shape index (κ2) is 10.4. The lowest BCUT2D eigenvalue weighted by Gasteiger charge is -2.12. The number of hydrogen-bond acceptors (Lipinski definition) is 5. The number of alkyl halides is 2. The van der Waals surface area contributed by atoms with Crippen LogP contribution < -0.4 is 10.1 Å². The zero-order valence-corrected chi connectivity index (χ0v) is 20.6. The lowest BCUT2D eigenvalue weighted by atomic mass is 10.0. The third-order valence-electron chi connectivity index (χ3n) is 5.86. The first-order valence-electron chi connectivity index (χ1n) is 11.4. The van der Waals surface area contributed by atoms with Crippen molar-refractivity contribution in [2.45, 2.75) is 6.43 Å². The van der Waals surface area contributed by atoms with E-state index in [1.165, 1.54) is 31.4 Å². The minimum atomic E-state index is -2.88. The van der Waals surface area contributed by atoms with E-state index in [9.17, 15) is 18.4 Å². The lowest BCUT2D eigenvalue weighted by Crippen LogP contribution is -2.16. The van der Waals surface area contributed by atoms with Gasteiger partial charge in [-0.3, -0.25) is 9.59 Å². The molecule has 38 heavy (non-hydrogen) atoms. The Morgan fingerprint density at radius 3 is 2.39 bits per heavy atom. The van der Waals surface area contributed by atoms with Crippen LogP contribution in [0.5, 0.6) is 5.75 Å². The highest BCUT2D eigenvalue weighted by molar-refractivity contribution is 6.31. The molecule has 0 aliphatic heterocycles. The van der Waals surface area contributed by atoms with Gasteiger partial charge in [0.2, 0.25) is 0 Å². The number of nitrogens with one attached hydrogen (secondary N) is 1. The predicted octanol–water partition coefficient (Wildman–Crippen LogP) is 6.48. The van der Waals surface area contributed by atoms with Gasteiger partial charge in [0.15, 0.2) is 11.4 Å². The average molecular weight is 533 g/mol. The molecule has 7 nitrogen and oxygen atoms in total. The van der Waals surface area contributed by atoms with E-state index in [1.54, 1.807) is 54.6 Å². The largest absolute Gasteiger partial charge is 0.497 e. The molecular formula is C28H19ClF2N4O3. The maximum atomic E-state index is 14.0. The van der Waals surface area contributed by atoms with Gasteiger partial charge in [-0.1, -0.05) is 41.9 Å². The van der Waals surface area contributed by atoms with Gasteiger partial charge in [-0.2, -0.15) is 5.10 Å². The molecule has 0 aliphatic carbocycles. The summed E-state index contributed by atoms with van der Waals surface area (Å²) < 4.78 is 34.0. The molecule has 0 radical (unpaired) electrons. The molecule has 2 aromatic heterocycles. The Morgan fingerprint density at radius 1 is 0.974 bits per heavy atom. The van der Waals surface area contributed by atoms with Gasteiger partial charge in [0.1, 0.15) is 17.0 Å². The number of methoxy groups -OCH3 is 1.